The molecule has 0 aliphatic heterocycles. The molecule has 1 aromatic rings. The predicted molar refractivity (Wildman–Crippen MR) is 81.0 cm³/mol. The van der Waals surface area contributed by atoms with Crippen molar-refractivity contribution in [1.29, 1.82) is 0 Å². The molecular weight excluding hydrogens is 320 g/mol. The minimum Gasteiger partial charge on any atom is -0.491 e. The molecule has 0 radical (unpaired) electrons. The molecular formula is C16H18O8. The van der Waals surface area contributed by atoms with Crippen molar-refractivity contribution in [2.75, 3.05) is 26.4 Å². The summed E-state index contributed by atoms with van der Waals surface area (Å²) in [7, 11) is 0. The van der Waals surface area contributed by atoms with Crippen LogP contribution in [0.1, 0.15) is 23.2 Å². The molecule has 24 heavy (non-hydrogen) atoms. The highest BCUT2D eigenvalue weighted by Crippen LogP contribution is 2.10. The maximum Gasteiger partial charge on any atom is 0.372 e. The lowest BCUT2D eigenvalue weighted by molar-refractivity contribution is -0.151. The molecule has 0 saturated heterocycles. The maximum absolute atomic E-state index is 11.2. The number of rotatable bonds is 12. The Labute approximate surface area is 138 Å². The lowest BCUT2D eigenvalue weighted by Gasteiger charge is -2.08. The first-order chi connectivity index (χ1) is 11.5. The van der Waals surface area contributed by atoms with Crippen LogP contribution < -0.4 is 4.74 Å². The second kappa shape index (κ2) is 10.9. The van der Waals surface area contributed by atoms with E-state index in [2.05, 4.69) is 0 Å². The molecule has 0 unspecified atom stereocenters. The van der Waals surface area contributed by atoms with Crippen molar-refractivity contribution in [3.8, 4) is 5.75 Å². The van der Waals surface area contributed by atoms with Crippen LogP contribution in [0.15, 0.2) is 24.3 Å². The normalized spacial score (nSPS) is 10.0. The van der Waals surface area contributed by atoms with Gasteiger partial charge in [-0.25, -0.2) is 4.79 Å². The number of esters is 1. The number of carbonyl (C=O) groups is 4. The van der Waals surface area contributed by atoms with Gasteiger partial charge in [0.1, 0.15) is 25.2 Å². The van der Waals surface area contributed by atoms with Crippen molar-refractivity contribution >= 4 is 24.0 Å². The van der Waals surface area contributed by atoms with Crippen LogP contribution >= 0.6 is 0 Å². The van der Waals surface area contributed by atoms with E-state index in [4.69, 9.17) is 19.3 Å². The Bertz CT molecular complexity index is 564. The number of carbonyl (C=O) groups excluding carboxylic acids is 3. The third-order valence-electron chi connectivity index (χ3n) is 2.80. The molecule has 8 heteroatoms. The average Bonchev–Trinajstić information content (AvgIpc) is 2.59. The van der Waals surface area contributed by atoms with Crippen molar-refractivity contribution in [3.63, 3.8) is 0 Å². The van der Waals surface area contributed by atoms with Gasteiger partial charge in [-0.2, -0.15) is 0 Å². The molecule has 8 nitrogen and oxygen atoms in total. The molecule has 130 valence electrons. The zero-order chi connectivity index (χ0) is 17.8. The fourth-order valence-electron chi connectivity index (χ4n) is 1.57. The van der Waals surface area contributed by atoms with Crippen molar-refractivity contribution in [1.82, 2.24) is 0 Å². The Balaban J connectivity index is 2.01. The fourth-order valence-corrected chi connectivity index (χ4v) is 1.57. The number of Topliss-reactive ketones (excluding diaryl/α,β-unsaturated/α-hetero) is 1. The van der Waals surface area contributed by atoms with Gasteiger partial charge in [-0.15, -0.1) is 0 Å². The highest BCUT2D eigenvalue weighted by atomic mass is 16.6. The molecule has 0 aliphatic carbocycles. The highest BCUT2D eigenvalue weighted by Gasteiger charge is 2.14. The predicted octanol–water partition coefficient (Wildman–Crippen LogP) is 0.872. The van der Waals surface area contributed by atoms with Gasteiger partial charge in [0.2, 0.25) is 5.78 Å². The summed E-state index contributed by atoms with van der Waals surface area (Å²) in [5, 5.41) is 8.35. The maximum atomic E-state index is 11.2. The SMILES string of the molecule is O=Cc1ccc(OCCOCCOC(=O)CCC(=O)C(=O)O)cc1. The van der Waals surface area contributed by atoms with E-state index < -0.39 is 17.7 Å². The molecule has 0 aromatic heterocycles. The first-order valence-electron chi connectivity index (χ1n) is 7.20. The van der Waals surface area contributed by atoms with Gasteiger partial charge in [0.05, 0.1) is 19.6 Å². The van der Waals surface area contributed by atoms with Crippen LogP contribution in [-0.2, 0) is 23.9 Å². The van der Waals surface area contributed by atoms with Gasteiger partial charge in [0.25, 0.3) is 0 Å². The molecule has 0 saturated carbocycles. The fraction of sp³-hybridized carbons (Fsp3) is 0.375. The second-order valence-corrected chi connectivity index (χ2v) is 4.60. The van der Waals surface area contributed by atoms with Crippen LogP contribution in [0.3, 0.4) is 0 Å². The summed E-state index contributed by atoms with van der Waals surface area (Å²) in [6.07, 6.45) is 0.0859. The van der Waals surface area contributed by atoms with Gasteiger partial charge in [0.15, 0.2) is 0 Å². The summed E-state index contributed by atoms with van der Waals surface area (Å²) in [6.45, 7) is 0.742. The lowest BCUT2D eigenvalue weighted by Crippen LogP contribution is -2.17. The number of aldehydes is 1. The first kappa shape index (κ1) is 19.3. The van der Waals surface area contributed by atoms with Crippen LogP contribution in [0, 0.1) is 0 Å². The van der Waals surface area contributed by atoms with Gasteiger partial charge in [-0.3, -0.25) is 14.4 Å². The van der Waals surface area contributed by atoms with E-state index in [0.717, 1.165) is 6.29 Å². The molecule has 1 aromatic carbocycles. The Hall–Kier alpha value is -2.74. The van der Waals surface area contributed by atoms with E-state index in [-0.39, 0.29) is 32.7 Å². The summed E-state index contributed by atoms with van der Waals surface area (Å²) in [6, 6.07) is 6.61. The van der Waals surface area contributed by atoms with E-state index in [0.29, 0.717) is 17.9 Å². The Morgan fingerprint density at radius 1 is 0.958 bits per heavy atom. The number of benzene rings is 1. The lowest BCUT2D eigenvalue weighted by atomic mass is 10.2. The topological polar surface area (TPSA) is 116 Å². The molecule has 0 heterocycles. The van der Waals surface area contributed by atoms with Crippen molar-refractivity contribution < 1.29 is 38.5 Å². The van der Waals surface area contributed by atoms with E-state index >= 15 is 0 Å². The molecule has 0 atom stereocenters. The molecule has 0 spiro atoms. The number of hydrogen-bond donors (Lipinski definition) is 1. The van der Waals surface area contributed by atoms with Gasteiger partial charge in [-0.05, 0) is 24.3 Å². The monoisotopic (exact) mass is 338 g/mol. The highest BCUT2D eigenvalue weighted by molar-refractivity contribution is 6.32. The van der Waals surface area contributed by atoms with Gasteiger partial charge in [-0.1, -0.05) is 0 Å². The van der Waals surface area contributed by atoms with E-state index in [1.807, 2.05) is 0 Å². The zero-order valence-corrected chi connectivity index (χ0v) is 12.9. The van der Waals surface area contributed by atoms with Crippen molar-refractivity contribution in [2.45, 2.75) is 12.8 Å². The number of carboxylic acids is 1. The average molecular weight is 338 g/mol. The van der Waals surface area contributed by atoms with E-state index in [1.54, 1.807) is 24.3 Å². The minimum absolute atomic E-state index is 0.00806. The molecule has 0 aliphatic rings. The van der Waals surface area contributed by atoms with Gasteiger partial charge in [0, 0.05) is 12.0 Å². The number of ether oxygens (including phenoxy) is 3. The standard InChI is InChI=1S/C16H18O8/c17-11-12-1-3-13(4-2-12)23-9-7-22-8-10-24-15(19)6-5-14(18)16(20)21/h1-4,11H,5-10H2,(H,20,21). The first-order valence-corrected chi connectivity index (χ1v) is 7.20. The minimum atomic E-state index is -1.56. The van der Waals surface area contributed by atoms with E-state index in [1.165, 1.54) is 0 Å². The number of hydrogen-bond acceptors (Lipinski definition) is 7. The van der Waals surface area contributed by atoms with Crippen molar-refractivity contribution in [3.05, 3.63) is 29.8 Å². The van der Waals surface area contributed by atoms with Crippen LogP contribution in [0.4, 0.5) is 0 Å². The molecule has 1 N–H and O–H groups in total. The zero-order valence-electron chi connectivity index (χ0n) is 12.9. The second-order valence-electron chi connectivity index (χ2n) is 4.60. The van der Waals surface area contributed by atoms with Gasteiger partial charge >= 0.3 is 11.9 Å². The van der Waals surface area contributed by atoms with Crippen molar-refractivity contribution in [2.24, 2.45) is 0 Å². The molecule has 0 fully saturated rings. The summed E-state index contributed by atoms with van der Waals surface area (Å²) < 4.78 is 15.4. The van der Waals surface area contributed by atoms with Crippen LogP contribution in [0.25, 0.3) is 0 Å². The molecule has 0 bridgehead atoms. The van der Waals surface area contributed by atoms with E-state index in [9.17, 15) is 19.2 Å². The van der Waals surface area contributed by atoms with Gasteiger partial charge < -0.3 is 19.3 Å². The number of carboxylic acid groups (broad SMARTS) is 1. The molecule has 0 amide bonds. The third-order valence-corrected chi connectivity index (χ3v) is 2.80. The Morgan fingerprint density at radius 3 is 2.25 bits per heavy atom. The quantitative estimate of drug-likeness (QED) is 0.258. The summed E-state index contributed by atoms with van der Waals surface area (Å²) in [5.74, 6) is -2.63. The Morgan fingerprint density at radius 2 is 1.62 bits per heavy atom. The Kier molecular flexibility index (Phi) is 8.77. The van der Waals surface area contributed by atoms with Crippen LogP contribution in [-0.4, -0.2) is 55.5 Å². The largest absolute Gasteiger partial charge is 0.491 e. The third kappa shape index (κ3) is 8.04. The van der Waals surface area contributed by atoms with Crippen LogP contribution in [0.2, 0.25) is 0 Å². The number of aliphatic carboxylic acids is 1. The smallest absolute Gasteiger partial charge is 0.372 e. The summed E-state index contributed by atoms with van der Waals surface area (Å²) in [4.78, 5) is 42.8. The molecule has 1 rings (SSSR count). The number of ketones is 1. The summed E-state index contributed by atoms with van der Waals surface area (Å²) in [5.41, 5.74) is 0.561. The summed E-state index contributed by atoms with van der Waals surface area (Å²) >= 11 is 0. The van der Waals surface area contributed by atoms with Crippen LogP contribution in [0.5, 0.6) is 5.75 Å².